The molecule has 168 valence electrons. The lowest BCUT2D eigenvalue weighted by molar-refractivity contribution is -0.125. The number of likely N-dealkylation sites (N-methyl/N-ethyl adjacent to an activating group) is 1. The number of para-hydroxylation sites is 1. The van der Waals surface area contributed by atoms with E-state index < -0.39 is 0 Å². The van der Waals surface area contributed by atoms with Crippen molar-refractivity contribution in [1.82, 2.24) is 19.9 Å². The fourth-order valence-electron chi connectivity index (χ4n) is 3.66. The van der Waals surface area contributed by atoms with Gasteiger partial charge in [-0.05, 0) is 30.3 Å². The maximum atomic E-state index is 11.7. The molecule has 0 aliphatic heterocycles. The minimum Gasteiger partial charge on any atom is -0.495 e. The molecule has 0 unspecified atom stereocenters. The van der Waals surface area contributed by atoms with Gasteiger partial charge >= 0.3 is 0 Å². The maximum absolute atomic E-state index is 11.7. The van der Waals surface area contributed by atoms with Crippen molar-refractivity contribution in [3.63, 3.8) is 0 Å². The van der Waals surface area contributed by atoms with E-state index in [4.69, 9.17) is 21.1 Å². The molecule has 1 N–H and O–H groups in total. The second-order valence-corrected chi connectivity index (χ2v) is 7.69. The van der Waals surface area contributed by atoms with Crippen molar-refractivity contribution in [2.45, 2.75) is 0 Å². The summed E-state index contributed by atoms with van der Waals surface area (Å²) in [5.74, 6) is 0.973. The molecular formula is C25H23ClN4O3. The molecule has 0 saturated heterocycles. The first-order valence-electron chi connectivity index (χ1n) is 10.3. The average Bonchev–Trinajstić information content (AvgIpc) is 3.22. The lowest BCUT2D eigenvalue weighted by atomic mass is 9.99. The molecule has 3 aromatic heterocycles. The Hall–Kier alpha value is -3.84. The van der Waals surface area contributed by atoms with Crippen LogP contribution in [0.1, 0.15) is 0 Å². The Morgan fingerprint density at radius 3 is 2.85 bits per heavy atom. The first kappa shape index (κ1) is 22.4. The van der Waals surface area contributed by atoms with E-state index in [1.165, 1.54) is 11.0 Å². The van der Waals surface area contributed by atoms with E-state index in [0.717, 1.165) is 33.4 Å². The molecule has 1 amide bonds. The molecule has 33 heavy (non-hydrogen) atoms. The number of pyridine rings is 2. The fourth-order valence-corrected chi connectivity index (χ4v) is 3.91. The van der Waals surface area contributed by atoms with Crippen LogP contribution in [0.3, 0.4) is 0 Å². The van der Waals surface area contributed by atoms with E-state index in [1.54, 1.807) is 38.8 Å². The van der Waals surface area contributed by atoms with Crippen LogP contribution in [-0.4, -0.2) is 53.1 Å². The fraction of sp³-hybridized carbons (Fsp3) is 0.160. The normalized spacial score (nSPS) is 10.8. The van der Waals surface area contributed by atoms with Crippen molar-refractivity contribution in [3.8, 4) is 33.9 Å². The number of hydrogen-bond acceptors (Lipinski definition) is 5. The van der Waals surface area contributed by atoms with Crippen LogP contribution in [0.25, 0.3) is 33.4 Å². The predicted octanol–water partition coefficient (Wildman–Crippen LogP) is 4.98. The standard InChI is InChI=1S/C25H23ClN4O3/c1-4-21(31)30(2)13-14-33-20-15-27-12-10-16(20)23-22(24-19(29-23)9-6-11-28-24)17-7-5-8-18(26)25(17)32-3/h4-12,15,29H,1,13-14H2,2-3H3. The summed E-state index contributed by atoms with van der Waals surface area (Å²) in [6.45, 7) is 4.21. The molecular weight excluding hydrogens is 440 g/mol. The third-order valence-corrected chi connectivity index (χ3v) is 5.58. The van der Waals surface area contributed by atoms with E-state index >= 15 is 0 Å². The molecule has 8 heteroatoms. The van der Waals surface area contributed by atoms with Gasteiger partial charge in [0.15, 0.2) is 0 Å². The highest BCUT2D eigenvalue weighted by Gasteiger charge is 2.22. The molecule has 0 spiro atoms. The van der Waals surface area contributed by atoms with E-state index in [9.17, 15) is 4.79 Å². The summed E-state index contributed by atoms with van der Waals surface area (Å²) in [5, 5.41) is 0.507. The van der Waals surface area contributed by atoms with E-state index in [-0.39, 0.29) is 5.91 Å². The van der Waals surface area contributed by atoms with Gasteiger partial charge in [0, 0.05) is 36.1 Å². The Morgan fingerprint density at radius 1 is 1.21 bits per heavy atom. The van der Waals surface area contributed by atoms with Crippen LogP contribution >= 0.6 is 11.6 Å². The molecule has 4 aromatic rings. The number of halogens is 1. The highest BCUT2D eigenvalue weighted by atomic mass is 35.5. The summed E-state index contributed by atoms with van der Waals surface area (Å²) in [6, 6.07) is 11.3. The van der Waals surface area contributed by atoms with Gasteiger partial charge < -0.3 is 19.4 Å². The third kappa shape index (κ3) is 4.40. The topological polar surface area (TPSA) is 80.3 Å². The smallest absolute Gasteiger partial charge is 0.245 e. The van der Waals surface area contributed by atoms with Crippen LogP contribution in [0.5, 0.6) is 11.5 Å². The molecule has 0 radical (unpaired) electrons. The number of rotatable bonds is 8. The van der Waals surface area contributed by atoms with Gasteiger partial charge in [-0.1, -0.05) is 30.3 Å². The van der Waals surface area contributed by atoms with Gasteiger partial charge in [-0.25, -0.2) is 0 Å². The molecule has 0 aliphatic rings. The summed E-state index contributed by atoms with van der Waals surface area (Å²) in [5.41, 5.74) is 4.91. The van der Waals surface area contributed by atoms with Crippen molar-refractivity contribution in [3.05, 3.63) is 72.7 Å². The SMILES string of the molecule is C=CC(=O)N(C)CCOc1cnccc1-c1[nH]c2cccnc2c1-c1cccc(Cl)c1OC. The summed E-state index contributed by atoms with van der Waals surface area (Å²) < 4.78 is 11.7. The zero-order valence-electron chi connectivity index (χ0n) is 18.3. The van der Waals surface area contributed by atoms with Crippen LogP contribution in [0.2, 0.25) is 5.02 Å². The lowest BCUT2D eigenvalue weighted by Crippen LogP contribution is -2.29. The summed E-state index contributed by atoms with van der Waals surface area (Å²) in [6.07, 6.45) is 6.38. The third-order valence-electron chi connectivity index (χ3n) is 5.28. The van der Waals surface area contributed by atoms with Crippen LogP contribution in [0.15, 0.2) is 67.6 Å². The van der Waals surface area contributed by atoms with Gasteiger partial charge in [-0.2, -0.15) is 0 Å². The number of aromatic nitrogens is 3. The quantitative estimate of drug-likeness (QED) is 0.374. The largest absolute Gasteiger partial charge is 0.495 e. The zero-order valence-corrected chi connectivity index (χ0v) is 19.1. The average molecular weight is 463 g/mol. The molecule has 4 rings (SSSR count). The number of benzene rings is 1. The molecule has 0 bridgehead atoms. The number of nitrogens with zero attached hydrogens (tertiary/aromatic N) is 3. The Balaban J connectivity index is 1.81. The Bertz CT molecular complexity index is 1320. The van der Waals surface area contributed by atoms with Crippen LogP contribution in [-0.2, 0) is 4.79 Å². The van der Waals surface area contributed by atoms with Crippen molar-refractivity contribution in [2.75, 3.05) is 27.3 Å². The number of carbonyl (C=O) groups excluding carboxylic acids is 1. The summed E-state index contributed by atoms with van der Waals surface area (Å²) >= 11 is 6.43. The molecule has 0 saturated carbocycles. The van der Waals surface area contributed by atoms with Gasteiger partial charge in [0.25, 0.3) is 0 Å². The van der Waals surface area contributed by atoms with E-state index in [2.05, 4.69) is 21.5 Å². The number of amides is 1. The molecule has 0 atom stereocenters. The van der Waals surface area contributed by atoms with Crippen molar-refractivity contribution in [1.29, 1.82) is 0 Å². The number of methoxy groups -OCH3 is 1. The summed E-state index contributed by atoms with van der Waals surface area (Å²) in [4.78, 5) is 25.6. The van der Waals surface area contributed by atoms with Gasteiger partial charge in [0.2, 0.25) is 5.91 Å². The van der Waals surface area contributed by atoms with E-state index in [0.29, 0.717) is 29.7 Å². The highest BCUT2D eigenvalue weighted by Crippen LogP contribution is 2.45. The summed E-state index contributed by atoms with van der Waals surface area (Å²) in [7, 11) is 3.29. The zero-order chi connectivity index (χ0) is 23.4. The molecule has 0 fully saturated rings. The molecule has 0 aliphatic carbocycles. The van der Waals surface area contributed by atoms with Crippen LogP contribution in [0.4, 0.5) is 0 Å². The van der Waals surface area contributed by atoms with Crippen molar-refractivity contribution in [2.24, 2.45) is 0 Å². The number of aromatic amines is 1. The van der Waals surface area contributed by atoms with Gasteiger partial charge in [-0.15, -0.1) is 0 Å². The second-order valence-electron chi connectivity index (χ2n) is 7.28. The number of fused-ring (bicyclic) bond motifs is 1. The Kier molecular flexibility index (Phi) is 6.60. The van der Waals surface area contributed by atoms with Crippen LogP contribution in [0, 0.1) is 0 Å². The minimum absolute atomic E-state index is 0.165. The van der Waals surface area contributed by atoms with Gasteiger partial charge in [-0.3, -0.25) is 14.8 Å². The Morgan fingerprint density at radius 2 is 2.06 bits per heavy atom. The second kappa shape index (κ2) is 9.75. The maximum Gasteiger partial charge on any atom is 0.245 e. The Labute approximate surface area is 196 Å². The predicted molar refractivity (Wildman–Crippen MR) is 130 cm³/mol. The van der Waals surface area contributed by atoms with Gasteiger partial charge in [0.05, 0.1) is 41.6 Å². The molecule has 3 heterocycles. The molecule has 1 aromatic carbocycles. The lowest BCUT2D eigenvalue weighted by Gasteiger charge is -2.17. The van der Waals surface area contributed by atoms with Crippen molar-refractivity contribution >= 4 is 28.5 Å². The first-order valence-corrected chi connectivity index (χ1v) is 10.7. The minimum atomic E-state index is -0.165. The highest BCUT2D eigenvalue weighted by molar-refractivity contribution is 6.32. The monoisotopic (exact) mass is 462 g/mol. The number of hydrogen-bond donors (Lipinski definition) is 1. The van der Waals surface area contributed by atoms with Crippen LogP contribution < -0.4 is 9.47 Å². The number of H-pyrrole nitrogens is 1. The van der Waals surface area contributed by atoms with Gasteiger partial charge in [0.1, 0.15) is 18.1 Å². The van der Waals surface area contributed by atoms with Crippen molar-refractivity contribution < 1.29 is 14.3 Å². The van der Waals surface area contributed by atoms with E-state index in [1.807, 2.05) is 30.3 Å². The molecule has 7 nitrogen and oxygen atoms in total. The number of carbonyl (C=O) groups is 1. The number of nitrogens with one attached hydrogen (secondary N) is 1. The number of ether oxygens (including phenoxy) is 2. The first-order chi connectivity index (χ1) is 16.0.